The van der Waals surface area contributed by atoms with Crippen molar-refractivity contribution in [1.82, 2.24) is 0 Å². The van der Waals surface area contributed by atoms with Gasteiger partial charge in [0.15, 0.2) is 0 Å². The zero-order valence-corrected chi connectivity index (χ0v) is 7.42. The molecule has 3 nitrogen and oxygen atoms in total. The quantitative estimate of drug-likeness (QED) is 0.676. The van der Waals surface area contributed by atoms with Crippen LogP contribution in [-0.4, -0.2) is 22.3 Å². The van der Waals surface area contributed by atoms with Crippen molar-refractivity contribution in [3.8, 4) is 0 Å². The molecule has 0 spiro atoms. The Morgan fingerprint density at radius 2 is 2.00 bits per heavy atom. The maximum atomic E-state index is 11.0. The van der Waals surface area contributed by atoms with Gasteiger partial charge in [-0.2, -0.15) is 0 Å². The Morgan fingerprint density at radius 3 is 2.33 bits per heavy atom. The fourth-order valence-electron chi connectivity index (χ4n) is 2.09. The summed E-state index contributed by atoms with van der Waals surface area (Å²) in [5, 5.41) is 18.6. The van der Waals surface area contributed by atoms with Crippen LogP contribution in [0.4, 0.5) is 0 Å². The highest BCUT2D eigenvalue weighted by atomic mass is 16.4. The van der Waals surface area contributed by atoms with Gasteiger partial charge in [-0.25, -0.2) is 0 Å². The van der Waals surface area contributed by atoms with E-state index in [9.17, 15) is 9.90 Å². The predicted octanol–water partition coefficient (Wildman–Crippen LogP) is 1.40. The van der Waals surface area contributed by atoms with Crippen LogP contribution >= 0.6 is 0 Å². The molecule has 0 bridgehead atoms. The number of aliphatic carboxylic acids is 1. The highest BCUT2D eigenvalue weighted by molar-refractivity contribution is 5.75. The predicted molar refractivity (Wildman–Crippen MR) is 44.8 cm³/mol. The van der Waals surface area contributed by atoms with Gasteiger partial charge in [0.25, 0.3) is 0 Å². The van der Waals surface area contributed by atoms with E-state index in [4.69, 9.17) is 5.11 Å². The molecule has 1 unspecified atom stereocenters. The number of aliphatic hydroxyl groups is 1. The summed E-state index contributed by atoms with van der Waals surface area (Å²) >= 11 is 0. The minimum Gasteiger partial charge on any atom is -0.481 e. The molecule has 12 heavy (non-hydrogen) atoms. The Balaban J connectivity index is 2.78. The fraction of sp³-hybridized carbons (Fsp3) is 0.889. The molecule has 3 heteroatoms. The van der Waals surface area contributed by atoms with E-state index in [-0.39, 0.29) is 0 Å². The first-order chi connectivity index (χ1) is 5.63. The van der Waals surface area contributed by atoms with Gasteiger partial charge in [0.05, 0.1) is 11.5 Å². The molecule has 1 aliphatic carbocycles. The lowest BCUT2D eigenvalue weighted by molar-refractivity contribution is -0.156. The molecule has 0 heterocycles. The number of aliphatic hydroxyl groups excluding tert-OH is 1. The van der Waals surface area contributed by atoms with Gasteiger partial charge < -0.3 is 10.2 Å². The van der Waals surface area contributed by atoms with E-state index in [1.54, 1.807) is 0 Å². The summed E-state index contributed by atoms with van der Waals surface area (Å²) in [5.41, 5.74) is -0.825. The van der Waals surface area contributed by atoms with E-state index in [0.717, 1.165) is 12.8 Å². The van der Waals surface area contributed by atoms with Crippen LogP contribution in [0.2, 0.25) is 0 Å². The van der Waals surface area contributed by atoms with E-state index < -0.39 is 17.5 Å². The average molecular weight is 172 g/mol. The van der Waals surface area contributed by atoms with Gasteiger partial charge >= 0.3 is 5.97 Å². The molecule has 0 aromatic rings. The van der Waals surface area contributed by atoms with Crippen molar-refractivity contribution >= 4 is 5.97 Å². The lowest BCUT2D eigenvalue weighted by Crippen LogP contribution is -2.39. The topological polar surface area (TPSA) is 57.5 Å². The zero-order valence-electron chi connectivity index (χ0n) is 7.42. The van der Waals surface area contributed by atoms with Gasteiger partial charge in [0, 0.05) is 0 Å². The third-order valence-corrected chi connectivity index (χ3v) is 2.95. The van der Waals surface area contributed by atoms with Crippen molar-refractivity contribution in [2.45, 2.75) is 45.1 Å². The van der Waals surface area contributed by atoms with Crippen molar-refractivity contribution in [2.24, 2.45) is 5.41 Å². The lowest BCUT2D eigenvalue weighted by atomic mass is 9.79. The summed E-state index contributed by atoms with van der Waals surface area (Å²) < 4.78 is 0. The van der Waals surface area contributed by atoms with Crippen LogP contribution in [0.5, 0.6) is 0 Å². The number of hydrogen-bond donors (Lipinski definition) is 2. The molecule has 0 aliphatic heterocycles. The second kappa shape index (κ2) is 3.44. The van der Waals surface area contributed by atoms with Gasteiger partial charge in [0.2, 0.25) is 0 Å². The Morgan fingerprint density at radius 1 is 1.50 bits per heavy atom. The molecule has 2 N–H and O–H groups in total. The highest BCUT2D eigenvalue weighted by Gasteiger charge is 2.46. The Kier molecular flexibility index (Phi) is 2.73. The molecule has 0 aromatic carbocycles. The van der Waals surface area contributed by atoms with Crippen LogP contribution in [0.25, 0.3) is 0 Å². The maximum absolute atomic E-state index is 11.0. The number of carboxylic acids is 1. The zero-order chi connectivity index (χ0) is 9.19. The molecule has 1 saturated carbocycles. The first-order valence-electron chi connectivity index (χ1n) is 4.55. The average Bonchev–Trinajstić information content (AvgIpc) is 2.52. The van der Waals surface area contributed by atoms with E-state index in [0.29, 0.717) is 19.3 Å². The standard InChI is InChI=1S/C9H16O3/c1-2-7(10)9(8(11)12)5-3-4-6-9/h7,10H,2-6H2,1H3,(H,11,12). The van der Waals surface area contributed by atoms with Gasteiger partial charge in [-0.1, -0.05) is 19.8 Å². The van der Waals surface area contributed by atoms with Crippen molar-refractivity contribution in [3.63, 3.8) is 0 Å². The minimum atomic E-state index is -0.825. The Hall–Kier alpha value is -0.570. The molecule has 0 aromatic heterocycles. The van der Waals surface area contributed by atoms with Crippen molar-refractivity contribution in [3.05, 3.63) is 0 Å². The van der Waals surface area contributed by atoms with Gasteiger partial charge in [-0.15, -0.1) is 0 Å². The Labute approximate surface area is 72.4 Å². The van der Waals surface area contributed by atoms with Crippen LogP contribution < -0.4 is 0 Å². The smallest absolute Gasteiger partial charge is 0.312 e. The molecule has 1 aliphatic rings. The molecular formula is C9H16O3. The summed E-state index contributed by atoms with van der Waals surface area (Å²) in [6, 6.07) is 0. The van der Waals surface area contributed by atoms with Gasteiger partial charge in [0.1, 0.15) is 0 Å². The summed E-state index contributed by atoms with van der Waals surface area (Å²) in [5.74, 6) is -0.825. The lowest BCUT2D eigenvalue weighted by Gasteiger charge is -2.28. The van der Waals surface area contributed by atoms with Gasteiger partial charge in [-0.05, 0) is 19.3 Å². The molecule has 0 saturated heterocycles. The van der Waals surface area contributed by atoms with Crippen LogP contribution in [0, 0.1) is 5.41 Å². The summed E-state index contributed by atoms with van der Waals surface area (Å²) in [6.45, 7) is 1.83. The van der Waals surface area contributed by atoms with Crippen molar-refractivity contribution in [2.75, 3.05) is 0 Å². The van der Waals surface area contributed by atoms with E-state index >= 15 is 0 Å². The van der Waals surface area contributed by atoms with Crippen molar-refractivity contribution < 1.29 is 15.0 Å². The molecular weight excluding hydrogens is 156 g/mol. The number of carboxylic acid groups (broad SMARTS) is 1. The van der Waals surface area contributed by atoms with Crippen LogP contribution in [0.1, 0.15) is 39.0 Å². The number of rotatable bonds is 3. The second-order valence-corrected chi connectivity index (χ2v) is 3.59. The van der Waals surface area contributed by atoms with E-state index in [2.05, 4.69) is 0 Å². The second-order valence-electron chi connectivity index (χ2n) is 3.59. The Bertz CT molecular complexity index is 171. The van der Waals surface area contributed by atoms with Crippen molar-refractivity contribution in [1.29, 1.82) is 0 Å². The van der Waals surface area contributed by atoms with Gasteiger partial charge in [-0.3, -0.25) is 4.79 Å². The van der Waals surface area contributed by atoms with E-state index in [1.165, 1.54) is 0 Å². The first-order valence-corrected chi connectivity index (χ1v) is 4.55. The van der Waals surface area contributed by atoms with Crippen LogP contribution in [0.3, 0.4) is 0 Å². The summed E-state index contributed by atoms with van der Waals surface area (Å²) in [7, 11) is 0. The summed E-state index contributed by atoms with van der Waals surface area (Å²) in [4.78, 5) is 11.0. The molecule has 70 valence electrons. The molecule has 1 fully saturated rings. The largest absolute Gasteiger partial charge is 0.481 e. The monoisotopic (exact) mass is 172 g/mol. The fourth-order valence-corrected chi connectivity index (χ4v) is 2.09. The highest BCUT2D eigenvalue weighted by Crippen LogP contribution is 2.42. The minimum absolute atomic E-state index is 0.534. The third kappa shape index (κ3) is 1.33. The first kappa shape index (κ1) is 9.52. The third-order valence-electron chi connectivity index (χ3n) is 2.95. The van der Waals surface area contributed by atoms with Crippen LogP contribution in [-0.2, 0) is 4.79 Å². The summed E-state index contributed by atoms with van der Waals surface area (Å²) in [6.07, 6.45) is 3.01. The molecule has 1 rings (SSSR count). The maximum Gasteiger partial charge on any atom is 0.312 e. The number of carbonyl (C=O) groups is 1. The SMILES string of the molecule is CCC(O)C1(C(=O)O)CCCC1. The number of hydrogen-bond acceptors (Lipinski definition) is 2. The molecule has 1 atom stereocenters. The molecule has 0 radical (unpaired) electrons. The van der Waals surface area contributed by atoms with E-state index in [1.807, 2.05) is 6.92 Å². The van der Waals surface area contributed by atoms with Crippen LogP contribution in [0.15, 0.2) is 0 Å². The normalized spacial score (nSPS) is 23.8. The molecule has 0 amide bonds.